The van der Waals surface area contributed by atoms with Crippen molar-refractivity contribution in [3.8, 4) is 6.07 Å². The van der Waals surface area contributed by atoms with Gasteiger partial charge in [-0.1, -0.05) is 24.3 Å². The molecular formula is C12H10BF3KNO2. The van der Waals surface area contributed by atoms with Crippen molar-refractivity contribution in [3.63, 3.8) is 0 Å². The number of carbonyl (C=O) groups excluding carboxylic acids is 1. The Bertz CT molecular complexity index is 535. The van der Waals surface area contributed by atoms with Crippen LogP contribution >= 0.6 is 0 Å². The van der Waals surface area contributed by atoms with Crippen molar-refractivity contribution in [3.05, 3.63) is 35.4 Å². The van der Waals surface area contributed by atoms with Gasteiger partial charge in [0.2, 0.25) is 0 Å². The van der Waals surface area contributed by atoms with E-state index >= 15 is 0 Å². The van der Waals surface area contributed by atoms with Gasteiger partial charge in [0, 0.05) is 0 Å². The molecule has 0 saturated heterocycles. The average molecular weight is 307 g/mol. The second kappa shape index (κ2) is 8.64. The van der Waals surface area contributed by atoms with Gasteiger partial charge >= 0.3 is 64.3 Å². The topological polar surface area (TPSA) is 50.1 Å². The Hall–Kier alpha value is -0.589. The third kappa shape index (κ3) is 5.81. The Morgan fingerprint density at radius 3 is 2.30 bits per heavy atom. The fourth-order valence-corrected chi connectivity index (χ4v) is 1.32. The molecule has 0 aliphatic heterocycles. The summed E-state index contributed by atoms with van der Waals surface area (Å²) < 4.78 is 41.8. The van der Waals surface area contributed by atoms with Crippen molar-refractivity contribution >= 4 is 24.5 Å². The summed E-state index contributed by atoms with van der Waals surface area (Å²) >= 11 is 0. The number of halogens is 3. The Balaban J connectivity index is 0.00000361. The van der Waals surface area contributed by atoms with E-state index in [4.69, 9.17) is 5.26 Å². The largest absolute Gasteiger partial charge is 1.00 e. The monoisotopic (exact) mass is 307 g/mol. The van der Waals surface area contributed by atoms with Crippen molar-refractivity contribution in [2.24, 2.45) is 0 Å². The van der Waals surface area contributed by atoms with Crippen molar-refractivity contribution in [2.75, 3.05) is 6.61 Å². The molecule has 0 fully saturated rings. The van der Waals surface area contributed by atoms with E-state index in [9.17, 15) is 17.7 Å². The third-order valence-electron chi connectivity index (χ3n) is 2.24. The van der Waals surface area contributed by atoms with E-state index < -0.39 is 18.4 Å². The van der Waals surface area contributed by atoms with Crippen LogP contribution in [0.4, 0.5) is 12.9 Å². The van der Waals surface area contributed by atoms with E-state index in [-0.39, 0.29) is 63.6 Å². The standard InChI is InChI=1S/C12H10BF3NO2.K/c1-2-19-12(18)10(8-17)7-9-3-5-11(6-4-9)13(14,15)16;/h3-7H,2H2,1H3;/q-1;+1/b10-7+;. The number of hydrogen-bond acceptors (Lipinski definition) is 3. The number of ether oxygens (including phenoxy) is 1. The van der Waals surface area contributed by atoms with Crippen molar-refractivity contribution in [1.29, 1.82) is 5.26 Å². The minimum absolute atomic E-state index is 0. The molecule has 0 aliphatic carbocycles. The Kier molecular flexibility index (Phi) is 8.39. The SMILES string of the molecule is CCOC(=O)/C(C#N)=C/c1ccc([B-](F)(F)F)cc1.[K+]. The zero-order valence-corrected chi connectivity index (χ0v) is 14.2. The van der Waals surface area contributed by atoms with Gasteiger partial charge in [-0.15, -0.1) is 5.46 Å². The second-order valence-corrected chi connectivity index (χ2v) is 3.63. The minimum Gasteiger partial charge on any atom is -0.462 e. The van der Waals surface area contributed by atoms with E-state index in [1.807, 2.05) is 0 Å². The molecule has 0 radical (unpaired) electrons. The number of nitriles is 1. The van der Waals surface area contributed by atoms with Crippen LogP contribution in [-0.4, -0.2) is 19.6 Å². The third-order valence-corrected chi connectivity index (χ3v) is 2.24. The van der Waals surface area contributed by atoms with Gasteiger partial charge < -0.3 is 17.7 Å². The maximum Gasteiger partial charge on any atom is 1.00 e. The minimum atomic E-state index is -5.05. The van der Waals surface area contributed by atoms with Crippen LogP contribution in [0.15, 0.2) is 29.8 Å². The first-order valence-electron chi connectivity index (χ1n) is 5.47. The van der Waals surface area contributed by atoms with Crippen LogP contribution in [0.25, 0.3) is 6.08 Å². The van der Waals surface area contributed by atoms with Gasteiger partial charge in [0.1, 0.15) is 11.6 Å². The molecule has 0 saturated carbocycles. The van der Waals surface area contributed by atoms with Gasteiger partial charge in [0.25, 0.3) is 0 Å². The molecule has 1 aromatic rings. The molecule has 3 nitrogen and oxygen atoms in total. The summed E-state index contributed by atoms with van der Waals surface area (Å²) in [5.41, 5.74) is -0.660. The van der Waals surface area contributed by atoms with Crippen LogP contribution in [0.1, 0.15) is 12.5 Å². The summed E-state index contributed by atoms with van der Waals surface area (Å²) in [7, 11) is 0. The first-order chi connectivity index (χ1) is 8.88. The molecule has 0 bridgehead atoms. The van der Waals surface area contributed by atoms with Crippen molar-refractivity contribution < 1.29 is 73.9 Å². The van der Waals surface area contributed by atoms with Crippen molar-refractivity contribution in [2.45, 2.75) is 6.92 Å². The first-order valence-corrected chi connectivity index (χ1v) is 5.47. The molecule has 20 heavy (non-hydrogen) atoms. The van der Waals surface area contributed by atoms with Crippen molar-refractivity contribution in [1.82, 2.24) is 0 Å². The van der Waals surface area contributed by atoms with Gasteiger partial charge in [-0.2, -0.15) is 5.26 Å². The Morgan fingerprint density at radius 1 is 1.35 bits per heavy atom. The fraction of sp³-hybridized carbons (Fsp3) is 0.167. The molecule has 0 unspecified atom stereocenters. The number of benzene rings is 1. The zero-order valence-electron chi connectivity index (χ0n) is 11.1. The average Bonchev–Trinajstić information content (AvgIpc) is 2.35. The van der Waals surface area contributed by atoms with Gasteiger partial charge in [-0.25, -0.2) is 4.79 Å². The van der Waals surface area contributed by atoms with Gasteiger partial charge in [-0.3, -0.25) is 0 Å². The summed E-state index contributed by atoms with van der Waals surface area (Å²) in [6.07, 6.45) is 1.19. The van der Waals surface area contributed by atoms with Gasteiger partial charge in [-0.05, 0) is 18.6 Å². The van der Waals surface area contributed by atoms with E-state index in [1.165, 1.54) is 18.2 Å². The number of carbonyl (C=O) groups is 1. The molecule has 0 aromatic heterocycles. The number of esters is 1. The maximum atomic E-state index is 12.4. The van der Waals surface area contributed by atoms with Crippen LogP contribution in [0.3, 0.4) is 0 Å². The smallest absolute Gasteiger partial charge is 0.462 e. The van der Waals surface area contributed by atoms with E-state index in [1.54, 1.807) is 13.0 Å². The Labute approximate surface area is 157 Å². The zero-order chi connectivity index (χ0) is 14.5. The van der Waals surface area contributed by atoms with E-state index in [2.05, 4.69) is 4.74 Å². The predicted molar refractivity (Wildman–Crippen MR) is 65.4 cm³/mol. The van der Waals surface area contributed by atoms with Crippen LogP contribution in [0.2, 0.25) is 0 Å². The molecule has 0 amide bonds. The van der Waals surface area contributed by atoms with E-state index in [0.29, 0.717) is 5.56 Å². The van der Waals surface area contributed by atoms with Crippen LogP contribution in [0.5, 0.6) is 0 Å². The normalized spacial score (nSPS) is 11.2. The molecule has 0 spiro atoms. The molecule has 100 valence electrons. The number of hydrogen-bond donors (Lipinski definition) is 0. The molecule has 0 aliphatic rings. The maximum absolute atomic E-state index is 12.4. The van der Waals surface area contributed by atoms with Gasteiger partial charge in [0.15, 0.2) is 0 Å². The summed E-state index contributed by atoms with van der Waals surface area (Å²) in [5, 5.41) is 8.77. The molecule has 0 N–H and O–H groups in total. The fourth-order valence-electron chi connectivity index (χ4n) is 1.32. The molecule has 8 heteroatoms. The van der Waals surface area contributed by atoms with Crippen LogP contribution < -0.4 is 56.8 Å². The first kappa shape index (κ1) is 19.4. The quantitative estimate of drug-likeness (QED) is 0.317. The molecule has 1 rings (SSSR count). The van der Waals surface area contributed by atoms with Gasteiger partial charge in [0.05, 0.1) is 6.61 Å². The molecular weight excluding hydrogens is 297 g/mol. The summed E-state index contributed by atoms with van der Waals surface area (Å²) in [6.45, 7) is -3.34. The molecule has 1 aromatic carbocycles. The Morgan fingerprint density at radius 2 is 1.90 bits per heavy atom. The predicted octanol–water partition coefficient (Wildman–Crippen LogP) is -0.785. The number of nitrogens with zero attached hydrogens (tertiary/aromatic N) is 1. The van der Waals surface area contributed by atoms with E-state index in [0.717, 1.165) is 12.1 Å². The van der Waals surface area contributed by atoms with Crippen LogP contribution in [-0.2, 0) is 9.53 Å². The molecule has 0 atom stereocenters. The number of rotatable bonds is 4. The summed E-state index contributed by atoms with van der Waals surface area (Å²) in [4.78, 5) is 11.3. The summed E-state index contributed by atoms with van der Waals surface area (Å²) in [5.74, 6) is -0.797. The summed E-state index contributed by atoms with van der Waals surface area (Å²) in [6, 6.07) is 5.86. The second-order valence-electron chi connectivity index (χ2n) is 3.63. The van der Waals surface area contributed by atoms with Crippen LogP contribution in [0, 0.1) is 11.3 Å². The molecule has 0 heterocycles.